The maximum Gasteiger partial charge on any atom is 0.411 e. The number of aliphatic hydroxyl groups excluding tert-OH is 1. The lowest BCUT2D eigenvalue weighted by molar-refractivity contribution is 0.151. The van der Waals surface area contributed by atoms with Crippen molar-refractivity contribution in [2.24, 2.45) is 11.5 Å². The standard InChI is InChI=1S/C8H7NO2.C7H9NO.CH4N2O/c10-8-9-7-4-2-1-3-6(7)5-11-8;8-7-4-2-1-3-6(7)5-9;2-1(3)4/h1-4H,5H2,(H,9,10);1-4,9H,5,8H2;(H4,2,3,4). The van der Waals surface area contributed by atoms with E-state index in [1.165, 1.54) is 0 Å². The van der Waals surface area contributed by atoms with Crippen molar-refractivity contribution >= 4 is 23.5 Å². The van der Waals surface area contributed by atoms with E-state index in [1.807, 2.05) is 36.4 Å². The monoisotopic (exact) mass is 332 g/mol. The van der Waals surface area contributed by atoms with Gasteiger partial charge in [0.15, 0.2) is 0 Å². The van der Waals surface area contributed by atoms with Gasteiger partial charge >= 0.3 is 12.1 Å². The maximum atomic E-state index is 10.7. The lowest BCUT2D eigenvalue weighted by Gasteiger charge is -2.16. The summed E-state index contributed by atoms with van der Waals surface area (Å²) in [5, 5.41) is 11.2. The lowest BCUT2D eigenvalue weighted by Crippen LogP contribution is -2.19. The van der Waals surface area contributed by atoms with Crippen molar-refractivity contribution in [3.8, 4) is 0 Å². The largest absolute Gasteiger partial charge is 0.444 e. The van der Waals surface area contributed by atoms with Gasteiger partial charge in [0.05, 0.1) is 12.3 Å². The minimum absolute atomic E-state index is 0.0205. The third-order valence-corrected chi connectivity index (χ3v) is 2.84. The predicted molar refractivity (Wildman–Crippen MR) is 90.8 cm³/mol. The number of primary amides is 2. The molecule has 1 aliphatic heterocycles. The number of nitrogen functional groups attached to an aromatic ring is 1. The summed E-state index contributed by atoms with van der Waals surface area (Å²) in [4.78, 5) is 19.7. The molecule has 3 rings (SSSR count). The number of hydrogen-bond acceptors (Lipinski definition) is 5. The Morgan fingerprint density at radius 1 is 1.12 bits per heavy atom. The van der Waals surface area contributed by atoms with Crippen LogP contribution in [0.5, 0.6) is 0 Å². The van der Waals surface area contributed by atoms with Crippen molar-refractivity contribution in [3.05, 3.63) is 59.7 Å². The number of amides is 3. The number of ether oxygens (including phenoxy) is 1. The van der Waals surface area contributed by atoms with Gasteiger partial charge in [-0.2, -0.15) is 0 Å². The van der Waals surface area contributed by atoms with Crippen LogP contribution in [0.4, 0.5) is 21.0 Å². The Bertz CT molecular complexity index is 687. The molecule has 2 aromatic rings. The van der Waals surface area contributed by atoms with Crippen molar-refractivity contribution in [1.29, 1.82) is 0 Å². The van der Waals surface area contributed by atoms with Crippen LogP contribution in [-0.2, 0) is 18.0 Å². The van der Waals surface area contributed by atoms with Gasteiger partial charge in [0.1, 0.15) is 6.61 Å². The molecule has 8 nitrogen and oxygen atoms in total. The second-order valence-corrected chi connectivity index (χ2v) is 4.62. The van der Waals surface area contributed by atoms with Crippen LogP contribution in [0, 0.1) is 0 Å². The highest BCUT2D eigenvalue weighted by molar-refractivity contribution is 5.87. The first-order chi connectivity index (χ1) is 11.4. The number of benzene rings is 2. The number of nitrogens with two attached hydrogens (primary N) is 3. The van der Waals surface area contributed by atoms with Gasteiger partial charge in [-0.25, -0.2) is 9.59 Å². The molecular formula is C16H20N4O4. The van der Waals surface area contributed by atoms with E-state index in [2.05, 4.69) is 16.8 Å². The predicted octanol–water partition coefficient (Wildman–Crippen LogP) is 1.53. The molecule has 0 aromatic heterocycles. The molecule has 0 spiro atoms. The molecule has 24 heavy (non-hydrogen) atoms. The second-order valence-electron chi connectivity index (χ2n) is 4.62. The third-order valence-electron chi connectivity index (χ3n) is 2.84. The van der Waals surface area contributed by atoms with E-state index >= 15 is 0 Å². The van der Waals surface area contributed by atoms with Crippen molar-refractivity contribution in [2.75, 3.05) is 11.1 Å². The van der Waals surface area contributed by atoms with Crippen LogP contribution in [0.1, 0.15) is 11.1 Å². The van der Waals surface area contributed by atoms with Gasteiger partial charge in [-0.15, -0.1) is 0 Å². The summed E-state index contributed by atoms with van der Waals surface area (Å²) in [5.41, 5.74) is 17.3. The van der Waals surface area contributed by atoms with Crippen LogP contribution in [0.2, 0.25) is 0 Å². The van der Waals surface area contributed by atoms with E-state index < -0.39 is 6.03 Å². The number of carbonyl (C=O) groups excluding carboxylic acids is 2. The normalized spacial score (nSPS) is 11.3. The fourth-order valence-electron chi connectivity index (χ4n) is 1.74. The van der Waals surface area contributed by atoms with E-state index in [9.17, 15) is 4.79 Å². The van der Waals surface area contributed by atoms with Crippen LogP contribution in [0.25, 0.3) is 0 Å². The Labute approximate surface area is 139 Å². The average Bonchev–Trinajstić information content (AvgIpc) is 2.55. The highest BCUT2D eigenvalue weighted by Gasteiger charge is 2.13. The first-order valence-electron chi connectivity index (χ1n) is 6.95. The lowest BCUT2D eigenvalue weighted by atomic mass is 10.2. The van der Waals surface area contributed by atoms with Crippen molar-refractivity contribution in [3.63, 3.8) is 0 Å². The number of nitrogens with one attached hydrogen (secondary N) is 1. The summed E-state index contributed by atoms with van der Waals surface area (Å²) in [5.74, 6) is 0. The maximum absolute atomic E-state index is 10.7. The molecule has 0 atom stereocenters. The number of carbonyl (C=O) groups is 2. The fourth-order valence-corrected chi connectivity index (χ4v) is 1.74. The molecule has 0 aliphatic carbocycles. The SMILES string of the molecule is NC(N)=O.Nc1ccccc1CO.O=C1Nc2ccccc2CO1. The molecule has 8 N–H and O–H groups in total. The van der Waals surface area contributed by atoms with Crippen molar-refractivity contribution in [1.82, 2.24) is 0 Å². The number of anilines is 2. The highest BCUT2D eigenvalue weighted by Crippen LogP contribution is 2.19. The number of aliphatic hydroxyl groups is 1. The second kappa shape index (κ2) is 9.70. The molecule has 128 valence electrons. The molecule has 1 heterocycles. The first kappa shape index (κ1) is 18.8. The van der Waals surface area contributed by atoms with Gasteiger partial charge in [-0.05, 0) is 12.1 Å². The van der Waals surface area contributed by atoms with Gasteiger partial charge in [0, 0.05) is 16.8 Å². The Morgan fingerprint density at radius 2 is 1.71 bits per heavy atom. The van der Waals surface area contributed by atoms with Gasteiger partial charge in [0.2, 0.25) is 0 Å². The summed E-state index contributed by atoms with van der Waals surface area (Å²) in [7, 11) is 0. The summed E-state index contributed by atoms with van der Waals surface area (Å²) in [6.45, 7) is 0.397. The number of fused-ring (bicyclic) bond motifs is 1. The van der Waals surface area contributed by atoms with Crippen LogP contribution >= 0.6 is 0 Å². The molecule has 2 aromatic carbocycles. The van der Waals surface area contributed by atoms with E-state index in [0.717, 1.165) is 16.8 Å². The smallest absolute Gasteiger partial charge is 0.411 e. The number of urea groups is 1. The van der Waals surface area contributed by atoms with E-state index in [0.29, 0.717) is 12.3 Å². The molecular weight excluding hydrogens is 312 g/mol. The Balaban J connectivity index is 0.000000201. The fraction of sp³-hybridized carbons (Fsp3) is 0.125. The molecule has 0 unspecified atom stereocenters. The summed E-state index contributed by atoms with van der Waals surface area (Å²) in [6, 6.07) is 14.0. The topological polar surface area (TPSA) is 154 Å². The van der Waals surface area contributed by atoms with Crippen LogP contribution in [-0.4, -0.2) is 17.2 Å². The van der Waals surface area contributed by atoms with E-state index in [-0.39, 0.29) is 12.7 Å². The van der Waals surface area contributed by atoms with Gasteiger partial charge in [-0.1, -0.05) is 36.4 Å². The highest BCUT2D eigenvalue weighted by atomic mass is 16.5. The Hall–Kier alpha value is -3.26. The molecule has 0 saturated carbocycles. The van der Waals surface area contributed by atoms with Crippen molar-refractivity contribution in [2.45, 2.75) is 13.2 Å². The molecule has 0 bridgehead atoms. The minimum Gasteiger partial charge on any atom is -0.444 e. The number of rotatable bonds is 1. The van der Waals surface area contributed by atoms with E-state index in [1.54, 1.807) is 12.1 Å². The minimum atomic E-state index is -0.833. The number of hydrogen-bond donors (Lipinski definition) is 5. The van der Waals surface area contributed by atoms with Gasteiger partial charge < -0.3 is 27.0 Å². The molecule has 3 amide bonds. The molecule has 8 heteroatoms. The summed E-state index contributed by atoms with van der Waals surface area (Å²) >= 11 is 0. The van der Waals surface area contributed by atoms with Crippen LogP contribution < -0.4 is 22.5 Å². The zero-order chi connectivity index (χ0) is 17.9. The zero-order valence-electron chi connectivity index (χ0n) is 12.9. The Morgan fingerprint density at radius 3 is 2.29 bits per heavy atom. The van der Waals surface area contributed by atoms with Crippen LogP contribution in [0.3, 0.4) is 0 Å². The Kier molecular flexibility index (Phi) is 7.59. The van der Waals surface area contributed by atoms with Crippen LogP contribution in [0.15, 0.2) is 48.5 Å². The third kappa shape index (κ3) is 6.67. The summed E-state index contributed by atoms with van der Waals surface area (Å²) < 4.78 is 4.75. The van der Waals surface area contributed by atoms with Gasteiger partial charge in [0.25, 0.3) is 0 Å². The summed E-state index contributed by atoms with van der Waals surface area (Å²) in [6.07, 6.45) is -0.372. The van der Waals surface area contributed by atoms with Gasteiger partial charge in [-0.3, -0.25) is 5.32 Å². The van der Waals surface area contributed by atoms with Crippen molar-refractivity contribution < 1.29 is 19.4 Å². The number of cyclic esters (lactones) is 1. The molecule has 0 radical (unpaired) electrons. The quantitative estimate of drug-likeness (QED) is 0.501. The molecule has 0 saturated heterocycles. The van der Waals surface area contributed by atoms with E-state index in [4.69, 9.17) is 20.4 Å². The molecule has 1 aliphatic rings. The first-order valence-corrected chi connectivity index (χ1v) is 6.95. The average molecular weight is 332 g/mol. The molecule has 0 fully saturated rings. The number of para-hydroxylation sites is 2. The zero-order valence-corrected chi connectivity index (χ0v) is 12.9.